The van der Waals surface area contributed by atoms with Crippen molar-refractivity contribution in [1.82, 2.24) is 9.80 Å². The van der Waals surface area contributed by atoms with Gasteiger partial charge in [-0.2, -0.15) is 0 Å². The molecule has 0 aliphatic carbocycles. The van der Waals surface area contributed by atoms with Gasteiger partial charge in [0, 0.05) is 18.7 Å². The highest BCUT2D eigenvalue weighted by molar-refractivity contribution is 5.87. The van der Waals surface area contributed by atoms with Gasteiger partial charge in [-0.25, -0.2) is 4.79 Å². The third-order valence-corrected chi connectivity index (χ3v) is 2.33. The number of carbonyl (C=O) groups is 1. The van der Waals surface area contributed by atoms with E-state index in [1.807, 2.05) is 41.2 Å². The van der Waals surface area contributed by atoms with Gasteiger partial charge in [0.15, 0.2) is 0 Å². The van der Waals surface area contributed by atoms with Crippen LogP contribution in [0.5, 0.6) is 0 Å². The Morgan fingerprint density at radius 1 is 1.12 bits per heavy atom. The summed E-state index contributed by atoms with van der Waals surface area (Å²) in [5.41, 5.74) is 0.705. The molecule has 0 aromatic carbocycles. The number of nitrogens with zero attached hydrogens (tertiary/aromatic N) is 2. The SMILES string of the molecule is CC(=CCCN(C)C)C(=O)OCCCN(C)C. The van der Waals surface area contributed by atoms with E-state index in [0.717, 1.165) is 25.9 Å². The summed E-state index contributed by atoms with van der Waals surface area (Å²) in [5, 5.41) is 0. The maximum absolute atomic E-state index is 11.5. The maximum Gasteiger partial charge on any atom is 0.333 e. The van der Waals surface area contributed by atoms with Crippen LogP contribution in [0.4, 0.5) is 0 Å². The molecule has 0 fully saturated rings. The van der Waals surface area contributed by atoms with Crippen LogP contribution in [0.25, 0.3) is 0 Å². The van der Waals surface area contributed by atoms with Crippen LogP contribution in [0, 0.1) is 0 Å². The molecule has 0 amide bonds. The Morgan fingerprint density at radius 3 is 2.24 bits per heavy atom. The molecule has 100 valence electrons. The third-order valence-electron chi connectivity index (χ3n) is 2.33. The lowest BCUT2D eigenvalue weighted by atomic mass is 10.2. The summed E-state index contributed by atoms with van der Waals surface area (Å²) in [7, 11) is 8.05. The van der Waals surface area contributed by atoms with Crippen molar-refractivity contribution in [2.75, 3.05) is 47.9 Å². The van der Waals surface area contributed by atoms with E-state index in [0.29, 0.717) is 12.2 Å². The number of ether oxygens (including phenoxy) is 1. The first-order valence-electron chi connectivity index (χ1n) is 6.07. The van der Waals surface area contributed by atoms with Crippen LogP contribution in [-0.2, 0) is 9.53 Å². The van der Waals surface area contributed by atoms with E-state index in [9.17, 15) is 4.79 Å². The first-order valence-corrected chi connectivity index (χ1v) is 6.07. The molecule has 0 aromatic heterocycles. The third kappa shape index (κ3) is 10.0. The summed E-state index contributed by atoms with van der Waals surface area (Å²) in [5.74, 6) is -0.192. The van der Waals surface area contributed by atoms with Crippen LogP contribution in [0.15, 0.2) is 11.6 Å². The molecule has 0 aromatic rings. The van der Waals surface area contributed by atoms with E-state index >= 15 is 0 Å². The van der Waals surface area contributed by atoms with Crippen LogP contribution in [0.2, 0.25) is 0 Å². The van der Waals surface area contributed by atoms with Crippen molar-refractivity contribution in [3.05, 3.63) is 11.6 Å². The molecule has 0 heterocycles. The molecule has 0 saturated carbocycles. The predicted molar refractivity (Wildman–Crippen MR) is 71.1 cm³/mol. The molecule has 0 saturated heterocycles. The Labute approximate surface area is 105 Å². The van der Waals surface area contributed by atoms with Gasteiger partial charge < -0.3 is 14.5 Å². The molecule has 4 heteroatoms. The van der Waals surface area contributed by atoms with Crippen molar-refractivity contribution < 1.29 is 9.53 Å². The average molecular weight is 242 g/mol. The zero-order valence-electron chi connectivity index (χ0n) is 11.8. The van der Waals surface area contributed by atoms with Crippen LogP contribution >= 0.6 is 0 Å². The van der Waals surface area contributed by atoms with Gasteiger partial charge >= 0.3 is 5.97 Å². The first kappa shape index (κ1) is 16.1. The highest BCUT2D eigenvalue weighted by atomic mass is 16.5. The van der Waals surface area contributed by atoms with E-state index in [2.05, 4.69) is 9.80 Å². The fourth-order valence-corrected chi connectivity index (χ4v) is 1.28. The van der Waals surface area contributed by atoms with E-state index in [-0.39, 0.29) is 5.97 Å². The molecule has 0 aliphatic rings. The van der Waals surface area contributed by atoms with Gasteiger partial charge in [0.1, 0.15) is 0 Å². The lowest BCUT2D eigenvalue weighted by Gasteiger charge is -2.10. The molecule has 0 radical (unpaired) electrons. The van der Waals surface area contributed by atoms with Crippen LogP contribution in [-0.4, -0.2) is 63.7 Å². The normalized spacial score (nSPS) is 12.3. The highest BCUT2D eigenvalue weighted by Crippen LogP contribution is 2.00. The molecule has 0 N–H and O–H groups in total. The smallest absolute Gasteiger partial charge is 0.333 e. The van der Waals surface area contributed by atoms with Gasteiger partial charge in [-0.1, -0.05) is 6.08 Å². The minimum Gasteiger partial charge on any atom is -0.462 e. The summed E-state index contributed by atoms with van der Waals surface area (Å²) in [6, 6.07) is 0. The zero-order chi connectivity index (χ0) is 13.3. The molecule has 4 nitrogen and oxygen atoms in total. The second kappa shape index (κ2) is 9.19. The van der Waals surface area contributed by atoms with Crippen molar-refractivity contribution >= 4 is 5.97 Å². The second-order valence-corrected chi connectivity index (χ2v) is 4.77. The molecule has 0 atom stereocenters. The van der Waals surface area contributed by atoms with Gasteiger partial charge in [0.25, 0.3) is 0 Å². The van der Waals surface area contributed by atoms with Crippen LogP contribution < -0.4 is 0 Å². The van der Waals surface area contributed by atoms with Crippen LogP contribution in [0.3, 0.4) is 0 Å². The van der Waals surface area contributed by atoms with Gasteiger partial charge in [-0.05, 0) is 48.0 Å². The Hall–Kier alpha value is -0.870. The highest BCUT2D eigenvalue weighted by Gasteiger charge is 2.04. The lowest BCUT2D eigenvalue weighted by molar-refractivity contribution is -0.139. The Kier molecular flexibility index (Phi) is 8.72. The Bertz CT molecular complexity index is 248. The average Bonchev–Trinajstić information content (AvgIpc) is 2.23. The molecule has 0 rings (SSSR count). The summed E-state index contributed by atoms with van der Waals surface area (Å²) < 4.78 is 5.16. The molecule has 0 aliphatic heterocycles. The van der Waals surface area contributed by atoms with Crippen molar-refractivity contribution in [3.8, 4) is 0 Å². The van der Waals surface area contributed by atoms with Crippen molar-refractivity contribution in [1.29, 1.82) is 0 Å². The largest absolute Gasteiger partial charge is 0.462 e. The monoisotopic (exact) mass is 242 g/mol. The van der Waals surface area contributed by atoms with Gasteiger partial charge in [0.2, 0.25) is 0 Å². The fraction of sp³-hybridized carbons (Fsp3) is 0.769. The van der Waals surface area contributed by atoms with Crippen molar-refractivity contribution in [2.45, 2.75) is 19.8 Å². The number of esters is 1. The lowest BCUT2D eigenvalue weighted by Crippen LogP contribution is -2.16. The molecular weight excluding hydrogens is 216 g/mol. The topological polar surface area (TPSA) is 32.8 Å². The van der Waals surface area contributed by atoms with Crippen molar-refractivity contribution in [2.24, 2.45) is 0 Å². The number of hydrogen-bond donors (Lipinski definition) is 0. The standard InChI is InChI=1S/C13H26N2O2/c1-12(8-6-9-14(2)3)13(16)17-11-7-10-15(4)5/h8H,6-7,9-11H2,1-5H3. The summed E-state index contributed by atoms with van der Waals surface area (Å²) >= 11 is 0. The quantitative estimate of drug-likeness (QED) is 0.366. The Balaban J connectivity index is 3.73. The van der Waals surface area contributed by atoms with Gasteiger partial charge in [-0.15, -0.1) is 0 Å². The van der Waals surface area contributed by atoms with E-state index < -0.39 is 0 Å². The van der Waals surface area contributed by atoms with E-state index in [4.69, 9.17) is 4.74 Å². The minimum absolute atomic E-state index is 0.192. The summed E-state index contributed by atoms with van der Waals surface area (Å²) in [6.07, 6.45) is 3.70. The number of hydrogen-bond acceptors (Lipinski definition) is 4. The first-order chi connectivity index (χ1) is 7.93. The Morgan fingerprint density at radius 2 is 1.71 bits per heavy atom. The zero-order valence-corrected chi connectivity index (χ0v) is 11.8. The van der Waals surface area contributed by atoms with Crippen molar-refractivity contribution in [3.63, 3.8) is 0 Å². The van der Waals surface area contributed by atoms with Crippen LogP contribution in [0.1, 0.15) is 19.8 Å². The van der Waals surface area contributed by atoms with E-state index in [1.54, 1.807) is 0 Å². The molecular formula is C13H26N2O2. The summed E-state index contributed by atoms with van der Waals surface area (Å²) in [4.78, 5) is 15.7. The molecule has 0 bridgehead atoms. The summed E-state index contributed by atoms with van der Waals surface area (Å²) in [6.45, 7) is 4.20. The number of carbonyl (C=O) groups excluding carboxylic acids is 1. The fourth-order valence-electron chi connectivity index (χ4n) is 1.28. The molecule has 0 unspecified atom stereocenters. The maximum atomic E-state index is 11.5. The number of rotatable bonds is 8. The molecule has 17 heavy (non-hydrogen) atoms. The van der Waals surface area contributed by atoms with Gasteiger partial charge in [-0.3, -0.25) is 0 Å². The second-order valence-electron chi connectivity index (χ2n) is 4.77. The minimum atomic E-state index is -0.192. The van der Waals surface area contributed by atoms with E-state index in [1.165, 1.54) is 0 Å². The molecule has 0 spiro atoms. The van der Waals surface area contributed by atoms with Gasteiger partial charge in [0.05, 0.1) is 6.61 Å². The predicted octanol–water partition coefficient (Wildman–Crippen LogP) is 1.38.